The van der Waals surface area contributed by atoms with E-state index >= 15 is 0 Å². The Balaban J connectivity index is 1.59. The fourth-order valence-electron chi connectivity index (χ4n) is 2.92. The highest BCUT2D eigenvalue weighted by atomic mass is 16.5. The quantitative estimate of drug-likeness (QED) is 0.809. The van der Waals surface area contributed by atoms with E-state index in [0.29, 0.717) is 37.0 Å². The highest BCUT2D eigenvalue weighted by Crippen LogP contribution is 2.23. The molecule has 1 saturated heterocycles. The summed E-state index contributed by atoms with van der Waals surface area (Å²) in [5.41, 5.74) is 1.52. The summed E-state index contributed by atoms with van der Waals surface area (Å²) in [4.78, 5) is 23.2. The van der Waals surface area contributed by atoms with E-state index in [1.54, 1.807) is 18.5 Å². The van der Waals surface area contributed by atoms with Crippen LogP contribution in [-0.4, -0.2) is 46.5 Å². The largest absolute Gasteiger partial charge is 0.488 e. The second-order valence-electron chi connectivity index (χ2n) is 6.53. The number of nitrogens with zero attached hydrogens (tertiary/aromatic N) is 3. The van der Waals surface area contributed by atoms with Gasteiger partial charge in [-0.1, -0.05) is 18.7 Å². The number of aromatic nitrogens is 2. The van der Waals surface area contributed by atoms with Crippen molar-refractivity contribution in [1.82, 2.24) is 14.9 Å². The molecule has 1 aliphatic heterocycles. The lowest BCUT2D eigenvalue weighted by Gasteiger charge is -2.32. The van der Waals surface area contributed by atoms with Crippen molar-refractivity contribution >= 4 is 11.9 Å². The van der Waals surface area contributed by atoms with Gasteiger partial charge in [-0.3, -0.25) is 4.79 Å². The predicted molar refractivity (Wildman–Crippen MR) is 101 cm³/mol. The zero-order valence-corrected chi connectivity index (χ0v) is 15.0. The number of likely N-dealkylation sites (tertiary alicyclic amines) is 1. The minimum absolute atomic E-state index is 0.0109. The van der Waals surface area contributed by atoms with Crippen molar-refractivity contribution in [1.29, 1.82) is 0 Å². The normalized spacial score (nSPS) is 14.7. The molecule has 0 aliphatic carbocycles. The van der Waals surface area contributed by atoms with Crippen LogP contribution in [0.5, 0.6) is 5.75 Å². The molecule has 0 spiro atoms. The predicted octanol–water partition coefficient (Wildman–Crippen LogP) is 3.15. The van der Waals surface area contributed by atoms with E-state index in [2.05, 4.69) is 21.9 Å². The molecule has 0 unspecified atom stereocenters. The van der Waals surface area contributed by atoms with Crippen molar-refractivity contribution < 1.29 is 9.53 Å². The van der Waals surface area contributed by atoms with Crippen LogP contribution in [0.2, 0.25) is 0 Å². The van der Waals surface area contributed by atoms with Gasteiger partial charge in [-0.05, 0) is 43.5 Å². The third-order valence-corrected chi connectivity index (χ3v) is 4.27. The first kappa shape index (κ1) is 17.9. The van der Waals surface area contributed by atoms with Crippen LogP contribution in [0.1, 0.15) is 30.1 Å². The van der Waals surface area contributed by atoms with Crippen molar-refractivity contribution in [2.75, 3.05) is 25.0 Å². The molecule has 1 aliphatic rings. The number of carbonyl (C=O) groups excluding carboxylic acids is 1. The highest BCUT2D eigenvalue weighted by molar-refractivity contribution is 5.97. The molecule has 1 fully saturated rings. The van der Waals surface area contributed by atoms with E-state index in [0.717, 1.165) is 18.4 Å². The second kappa shape index (κ2) is 8.47. The molecule has 1 amide bonds. The van der Waals surface area contributed by atoms with Crippen LogP contribution in [0.4, 0.5) is 5.95 Å². The maximum atomic E-state index is 12.9. The first-order valence-electron chi connectivity index (χ1n) is 8.82. The Morgan fingerprint density at radius 2 is 1.92 bits per heavy atom. The van der Waals surface area contributed by atoms with Gasteiger partial charge in [0.2, 0.25) is 5.95 Å². The lowest BCUT2D eigenvalue weighted by Crippen LogP contribution is -2.42. The second-order valence-corrected chi connectivity index (χ2v) is 6.53. The Kier molecular flexibility index (Phi) is 5.84. The molecular formula is C20H24N4O2. The van der Waals surface area contributed by atoms with Crippen molar-refractivity contribution in [2.45, 2.75) is 25.8 Å². The molecule has 0 bridgehead atoms. The first-order valence-corrected chi connectivity index (χ1v) is 8.82. The number of carbonyl (C=O) groups is 1. The summed E-state index contributed by atoms with van der Waals surface area (Å²) in [5.74, 6) is 1.26. The lowest BCUT2D eigenvalue weighted by molar-refractivity contribution is 0.0714. The molecule has 0 radical (unpaired) electrons. The van der Waals surface area contributed by atoms with Gasteiger partial charge in [0.25, 0.3) is 5.91 Å². The minimum atomic E-state index is 0.0109. The molecular weight excluding hydrogens is 328 g/mol. The minimum Gasteiger partial charge on any atom is -0.488 e. The van der Waals surface area contributed by atoms with E-state index in [-0.39, 0.29) is 11.9 Å². The fourth-order valence-corrected chi connectivity index (χ4v) is 2.92. The van der Waals surface area contributed by atoms with Crippen LogP contribution in [0.25, 0.3) is 0 Å². The number of rotatable bonds is 6. The van der Waals surface area contributed by atoms with Crippen LogP contribution in [0, 0.1) is 0 Å². The van der Waals surface area contributed by atoms with Crippen LogP contribution in [-0.2, 0) is 0 Å². The summed E-state index contributed by atoms with van der Waals surface area (Å²) in [6.07, 6.45) is 5.16. The Morgan fingerprint density at radius 1 is 1.23 bits per heavy atom. The van der Waals surface area contributed by atoms with E-state index in [1.807, 2.05) is 36.1 Å². The van der Waals surface area contributed by atoms with Crippen molar-refractivity contribution in [2.24, 2.45) is 0 Å². The van der Waals surface area contributed by atoms with Crippen LogP contribution in [0.15, 0.2) is 54.9 Å². The maximum Gasteiger partial charge on any atom is 0.257 e. The number of benzene rings is 1. The van der Waals surface area contributed by atoms with Gasteiger partial charge < -0.3 is 15.0 Å². The number of hydrogen-bond acceptors (Lipinski definition) is 5. The van der Waals surface area contributed by atoms with Gasteiger partial charge in [-0.2, -0.15) is 0 Å². The topological polar surface area (TPSA) is 67.3 Å². The van der Waals surface area contributed by atoms with Gasteiger partial charge in [0, 0.05) is 31.5 Å². The smallest absolute Gasteiger partial charge is 0.257 e. The molecule has 0 atom stereocenters. The van der Waals surface area contributed by atoms with Gasteiger partial charge in [-0.15, -0.1) is 0 Å². The maximum absolute atomic E-state index is 12.9. The number of anilines is 1. The Bertz CT molecular complexity index is 755. The molecule has 1 N–H and O–H groups in total. The Morgan fingerprint density at radius 3 is 2.62 bits per heavy atom. The zero-order chi connectivity index (χ0) is 18.4. The number of nitrogens with one attached hydrogen (secondary N) is 1. The summed E-state index contributed by atoms with van der Waals surface area (Å²) in [6, 6.07) is 9.45. The first-order chi connectivity index (χ1) is 12.6. The Hall–Kier alpha value is -2.89. The molecule has 136 valence electrons. The monoisotopic (exact) mass is 352 g/mol. The van der Waals surface area contributed by atoms with Gasteiger partial charge in [0.15, 0.2) is 0 Å². The standard InChI is InChI=1S/C20H24N4O2/c1-15(2)14-26-18-7-4-3-6-17(18)19(25)24-12-8-16(9-13-24)23-20-21-10-5-11-22-20/h3-7,10-11,16H,1,8-9,12-14H2,2H3,(H,21,22,23). The fraction of sp³-hybridized carbons (Fsp3) is 0.350. The number of ether oxygens (including phenoxy) is 1. The number of para-hydroxylation sites is 1. The third kappa shape index (κ3) is 4.59. The third-order valence-electron chi connectivity index (χ3n) is 4.27. The molecule has 1 aromatic heterocycles. The average Bonchev–Trinajstić information content (AvgIpc) is 2.67. The van der Waals surface area contributed by atoms with E-state index in [9.17, 15) is 4.79 Å². The molecule has 2 aromatic rings. The van der Waals surface area contributed by atoms with Gasteiger partial charge in [0.1, 0.15) is 12.4 Å². The summed E-state index contributed by atoms with van der Waals surface area (Å²) in [5, 5.41) is 3.33. The van der Waals surface area contributed by atoms with Gasteiger partial charge in [-0.25, -0.2) is 9.97 Å². The van der Waals surface area contributed by atoms with E-state index < -0.39 is 0 Å². The molecule has 6 heteroatoms. The summed E-state index contributed by atoms with van der Waals surface area (Å²) in [7, 11) is 0. The van der Waals surface area contributed by atoms with Gasteiger partial charge in [0.05, 0.1) is 5.56 Å². The molecule has 26 heavy (non-hydrogen) atoms. The SMILES string of the molecule is C=C(C)COc1ccccc1C(=O)N1CCC(Nc2ncccn2)CC1. The molecule has 2 heterocycles. The van der Waals surface area contributed by atoms with E-state index in [4.69, 9.17) is 4.74 Å². The average molecular weight is 352 g/mol. The highest BCUT2D eigenvalue weighted by Gasteiger charge is 2.25. The molecule has 0 saturated carbocycles. The summed E-state index contributed by atoms with van der Waals surface area (Å²) in [6.45, 7) is 7.54. The van der Waals surface area contributed by atoms with Gasteiger partial charge >= 0.3 is 0 Å². The molecule has 6 nitrogen and oxygen atoms in total. The van der Waals surface area contributed by atoms with Crippen LogP contribution in [0.3, 0.4) is 0 Å². The zero-order valence-electron chi connectivity index (χ0n) is 15.0. The van der Waals surface area contributed by atoms with Crippen molar-refractivity contribution in [3.05, 3.63) is 60.4 Å². The van der Waals surface area contributed by atoms with Crippen molar-refractivity contribution in [3.8, 4) is 5.75 Å². The van der Waals surface area contributed by atoms with E-state index in [1.165, 1.54) is 0 Å². The van der Waals surface area contributed by atoms with Crippen LogP contribution < -0.4 is 10.1 Å². The molecule has 3 rings (SSSR count). The number of piperidine rings is 1. The molecule has 1 aromatic carbocycles. The summed E-state index contributed by atoms with van der Waals surface area (Å²) >= 11 is 0. The van der Waals surface area contributed by atoms with Crippen molar-refractivity contribution in [3.63, 3.8) is 0 Å². The summed E-state index contributed by atoms with van der Waals surface area (Å²) < 4.78 is 5.73. The number of hydrogen-bond donors (Lipinski definition) is 1. The van der Waals surface area contributed by atoms with Crippen LogP contribution >= 0.6 is 0 Å². The number of amides is 1. The Labute approximate surface area is 153 Å². The lowest BCUT2D eigenvalue weighted by atomic mass is 10.0.